The minimum absolute atomic E-state index is 0. The summed E-state index contributed by atoms with van der Waals surface area (Å²) in [4.78, 5) is 59.0. The molecule has 0 radical (unpaired) electrons. The van der Waals surface area contributed by atoms with Gasteiger partial charge in [-0.15, -0.1) is 0 Å². The van der Waals surface area contributed by atoms with Gasteiger partial charge in [-0.1, -0.05) is 176 Å². The topological polar surface area (TPSA) is 258 Å². The number of rotatable bonds is 16. The predicted octanol–water partition coefficient (Wildman–Crippen LogP) is -0.766. The van der Waals surface area contributed by atoms with Crippen LogP contribution in [0.2, 0.25) is 157 Å². The third-order valence-corrected chi connectivity index (χ3v) is 16.9. The Bertz CT molecular complexity index is 2530. The van der Waals surface area contributed by atoms with Gasteiger partial charge in [0.25, 0.3) is 0 Å². The number of halogens is 3. The number of carboxylic acids is 4. The van der Waals surface area contributed by atoms with E-state index in [-0.39, 0.29) is 85.7 Å². The van der Waals surface area contributed by atoms with Gasteiger partial charge in [0.05, 0.1) is 23.9 Å². The number of carboxylic acid groups (broad SMARTS) is 4. The van der Waals surface area contributed by atoms with Crippen molar-refractivity contribution in [1.29, 1.82) is 0 Å². The Morgan fingerprint density at radius 3 is 0.488 bits per heavy atom. The number of hydrogen-bond donors (Lipinski definition) is 4. The molecule has 4 aromatic rings. The smallest absolute Gasteiger partial charge is 0.175 e. The quantitative estimate of drug-likeness (QED) is 0.0614. The van der Waals surface area contributed by atoms with Crippen LogP contribution >= 0.6 is 0 Å². The first-order valence-corrected chi connectivity index (χ1v) is 54.5. The molecule has 0 spiro atoms. The molecule has 468 valence electrons. The van der Waals surface area contributed by atoms with E-state index >= 15 is 0 Å². The van der Waals surface area contributed by atoms with Gasteiger partial charge < -0.3 is 115 Å². The van der Waals surface area contributed by atoms with E-state index in [1.807, 2.05) is 24.3 Å². The molecule has 0 fully saturated rings. The van der Waals surface area contributed by atoms with Crippen molar-refractivity contribution in [1.82, 2.24) is 19.9 Å². The van der Waals surface area contributed by atoms with Crippen LogP contribution in [0.4, 0.5) is 0 Å². The number of aromatic carboxylic acids is 4. The molecule has 84 heavy (non-hydrogen) atoms. The number of amidine groups is 4. The van der Waals surface area contributed by atoms with E-state index in [0.717, 1.165) is 0 Å². The van der Waals surface area contributed by atoms with Crippen LogP contribution < -0.4 is 77.6 Å². The minimum Gasteiger partial charge on any atom is -1.00 e. The summed E-state index contributed by atoms with van der Waals surface area (Å²) >= 11 is 0. The van der Waals surface area contributed by atoms with Crippen LogP contribution in [0.15, 0.2) is 116 Å². The maximum atomic E-state index is 11.3. The fourth-order valence-electron chi connectivity index (χ4n) is 6.85. The third kappa shape index (κ3) is 37.0. The van der Waals surface area contributed by atoms with Gasteiger partial charge in [-0.2, -0.15) is 0 Å². The van der Waals surface area contributed by atoms with E-state index < -0.39 is 89.8 Å². The standard InChI is InChI=1S/4C14H24N2O2Si2.3ClH.Zr/c4*1-19(2,3)15-13(16-20(4,5)6)11-9-7-8-10-12(11)14(17)18;;;;/h4*7-10H,1-6H3,(H,15,16)(H,17,18);3*1H;/p-7. The van der Waals surface area contributed by atoms with Crippen LogP contribution in [0, 0.1) is 0 Å². The van der Waals surface area contributed by atoms with Crippen LogP contribution in [-0.4, -0.2) is 113 Å². The van der Waals surface area contributed by atoms with Gasteiger partial charge in [-0.3, -0.25) is 0 Å². The first-order chi connectivity index (χ1) is 36.0. The summed E-state index contributed by atoms with van der Waals surface area (Å²) < 4.78 is 19.2. The fraction of sp³-hybridized carbons (Fsp3) is 0.429. The Morgan fingerprint density at radius 1 is 0.274 bits per heavy atom. The normalized spacial score (nSPS) is 12.6. The number of nitrogens with one attached hydrogen (secondary N) is 4. The van der Waals surface area contributed by atoms with Crippen molar-refractivity contribution < 1.29 is 103 Å². The molecular weight excluding hydrogens is 1330 g/mol. The number of nitrogens with zero attached hydrogens (tertiary/aromatic N) is 4. The monoisotopic (exact) mass is 1420 g/mol. The molecule has 0 atom stereocenters. The molecule has 0 aliphatic rings. The van der Waals surface area contributed by atoms with Gasteiger partial charge in [0.15, 0.2) is 32.9 Å². The molecule has 16 nitrogen and oxygen atoms in total. The second kappa shape index (κ2) is 35.8. The van der Waals surface area contributed by atoms with Crippen LogP contribution in [0.3, 0.4) is 0 Å². The molecule has 0 heterocycles. The maximum absolute atomic E-state index is 11.3. The number of hydrogen-bond acceptors (Lipinski definition) is 12. The Hall–Kier alpha value is -3.87. The van der Waals surface area contributed by atoms with E-state index in [1.54, 1.807) is 72.8 Å². The van der Waals surface area contributed by atoms with Crippen molar-refractivity contribution in [2.75, 3.05) is 0 Å². The van der Waals surface area contributed by atoms with Gasteiger partial charge >= 0.3 is 0 Å². The summed E-state index contributed by atoms with van der Waals surface area (Å²) in [6, 6.07) is 27.5. The zero-order valence-electron chi connectivity index (χ0n) is 53.9. The van der Waals surface area contributed by atoms with Gasteiger partial charge in [0, 0.05) is 70.7 Å². The zero-order valence-corrected chi connectivity index (χ0v) is 66.7. The molecular formula is C56H92Cl3N8O8Si8Zr-7. The van der Waals surface area contributed by atoms with Crippen molar-refractivity contribution in [3.8, 4) is 0 Å². The Kier molecular flexibility index (Phi) is 36.9. The fourth-order valence-corrected chi connectivity index (χ4v) is 14.3. The van der Waals surface area contributed by atoms with Crippen molar-refractivity contribution in [3.63, 3.8) is 0 Å². The summed E-state index contributed by atoms with van der Waals surface area (Å²) in [5.74, 6) is -1.87. The number of carbonyl (C=O) groups excluding carboxylic acids is 4. The average Bonchev–Trinajstić information content (AvgIpc) is 3.25. The largest absolute Gasteiger partial charge is 1.00 e. The van der Waals surface area contributed by atoms with Crippen LogP contribution in [0.1, 0.15) is 63.7 Å². The molecule has 4 rings (SSSR count). The molecule has 0 aromatic heterocycles. The van der Waals surface area contributed by atoms with Crippen molar-refractivity contribution in [2.45, 2.75) is 157 Å². The van der Waals surface area contributed by atoms with Gasteiger partial charge in [0.1, 0.15) is 56.3 Å². The second-order valence-corrected chi connectivity index (χ2v) is 64.6. The summed E-state index contributed by atoms with van der Waals surface area (Å²) in [5, 5.41) is 45.1. The molecule has 4 aromatic carbocycles. The summed E-state index contributed by atoms with van der Waals surface area (Å²) in [5.41, 5.74) is 3.25. The zero-order chi connectivity index (χ0) is 62.2. The molecule has 0 aliphatic carbocycles. The third-order valence-electron chi connectivity index (χ3n) is 9.37. The maximum Gasteiger partial charge on any atom is 0.175 e. The first-order valence-electron chi connectivity index (χ1n) is 26.7. The minimum atomic E-state index is -1.73. The van der Waals surface area contributed by atoms with Crippen LogP contribution in [0.5, 0.6) is 0 Å². The second-order valence-electron chi connectivity index (χ2n) is 27.4. The first kappa shape index (κ1) is 86.6. The predicted molar refractivity (Wildman–Crippen MR) is 349 cm³/mol. The Morgan fingerprint density at radius 2 is 0.393 bits per heavy atom. The summed E-state index contributed by atoms with van der Waals surface area (Å²) in [6.45, 7) is 51.4. The number of benzene rings is 4. The average molecular weight is 1430 g/mol. The van der Waals surface area contributed by atoms with Crippen molar-refractivity contribution in [3.05, 3.63) is 142 Å². The van der Waals surface area contributed by atoms with E-state index in [4.69, 9.17) is 18.6 Å². The molecule has 4 N–H and O–H groups in total. The van der Waals surface area contributed by atoms with Crippen molar-refractivity contribution in [2.24, 2.45) is 18.6 Å². The van der Waals surface area contributed by atoms with E-state index in [0.29, 0.717) is 45.6 Å². The molecule has 0 amide bonds. The van der Waals surface area contributed by atoms with Crippen molar-refractivity contribution >= 4 is 113 Å². The van der Waals surface area contributed by atoms with Crippen LogP contribution in [0.25, 0.3) is 0 Å². The molecule has 0 aliphatic heterocycles. The molecule has 0 saturated carbocycles. The van der Waals surface area contributed by atoms with Gasteiger partial charge in [-0.25, -0.2) is 0 Å². The van der Waals surface area contributed by atoms with Gasteiger partial charge in [0.2, 0.25) is 0 Å². The molecule has 0 saturated heterocycles. The number of carbonyl (C=O) groups is 4. The van der Waals surface area contributed by atoms with Gasteiger partial charge in [-0.05, 0) is 78.6 Å². The summed E-state index contributed by atoms with van der Waals surface area (Å²) in [6.07, 6.45) is 0. The Balaban J connectivity index is -0.000000500. The molecule has 0 bridgehead atoms. The SMILES string of the molecule is C[Si](C)(C)N=C(N[Si](C)(C)C)c1ccccc1C(=O)[O-].C[Si](C)(C)N=C(N[Si](C)(C)C)c1ccccc1C(=O)[O-].C[Si](C)(C)N=C(N[Si](C)(C)C)c1ccccc1C(=O)[O-].C[Si](C)(C)N=C(N[Si](C)(C)C)c1ccccc1C(=O)[O-].[Cl-].[Cl-].[Cl-].[Zr]. The molecule has 28 heteroatoms. The van der Waals surface area contributed by atoms with E-state index in [1.165, 1.54) is 0 Å². The molecule has 0 unspecified atom stereocenters. The summed E-state index contributed by atoms with van der Waals surface area (Å²) in [7, 11) is -13.4. The van der Waals surface area contributed by atoms with Crippen LogP contribution in [-0.2, 0) is 26.2 Å². The Labute approximate surface area is 548 Å². The van der Waals surface area contributed by atoms with E-state index in [2.05, 4.69) is 177 Å². The van der Waals surface area contributed by atoms with E-state index in [9.17, 15) is 39.6 Å².